The first-order valence-electron chi connectivity index (χ1n) is 6.91. The molecule has 0 unspecified atom stereocenters. The third-order valence-electron chi connectivity index (χ3n) is 3.13. The van der Waals surface area contributed by atoms with E-state index in [2.05, 4.69) is 5.32 Å². The Hall–Kier alpha value is -1.43. The second-order valence-corrected chi connectivity index (χ2v) is 6.75. The van der Waals surface area contributed by atoms with E-state index in [0.717, 1.165) is 10.6 Å². The van der Waals surface area contributed by atoms with Crippen LogP contribution in [0.5, 0.6) is 0 Å². The van der Waals surface area contributed by atoms with Crippen molar-refractivity contribution >= 4 is 29.3 Å². The largest absolute Gasteiger partial charge is 0.466 e. The van der Waals surface area contributed by atoms with Crippen LogP contribution >= 0.6 is 23.4 Å². The van der Waals surface area contributed by atoms with Crippen LogP contribution in [0.2, 0.25) is 5.02 Å². The molecule has 0 saturated heterocycles. The fourth-order valence-electron chi connectivity index (χ4n) is 1.98. The highest BCUT2D eigenvalue weighted by Gasteiger charge is 2.27. The van der Waals surface area contributed by atoms with Gasteiger partial charge in [-0.15, -0.1) is 11.8 Å². The zero-order chi connectivity index (χ0) is 16.2. The van der Waals surface area contributed by atoms with Gasteiger partial charge in [0.2, 0.25) is 0 Å². The number of halogens is 1. The minimum absolute atomic E-state index is 0.0538. The molecule has 22 heavy (non-hydrogen) atoms. The van der Waals surface area contributed by atoms with Crippen molar-refractivity contribution in [3.05, 3.63) is 52.9 Å². The van der Waals surface area contributed by atoms with Gasteiger partial charge in [-0.25, -0.2) is 0 Å². The summed E-state index contributed by atoms with van der Waals surface area (Å²) in [6.45, 7) is 3.66. The number of amides is 1. The molecule has 1 amide bonds. The molecule has 0 aliphatic heterocycles. The number of furan rings is 1. The van der Waals surface area contributed by atoms with Crippen LogP contribution in [-0.2, 0) is 5.60 Å². The van der Waals surface area contributed by atoms with Gasteiger partial charge in [0.15, 0.2) is 0 Å². The molecule has 4 nitrogen and oxygen atoms in total. The summed E-state index contributed by atoms with van der Waals surface area (Å²) < 4.78 is 5.19. The zero-order valence-electron chi connectivity index (χ0n) is 12.4. The van der Waals surface area contributed by atoms with E-state index in [-0.39, 0.29) is 12.5 Å². The number of carbonyl (C=O) groups is 1. The summed E-state index contributed by atoms with van der Waals surface area (Å²) in [5.41, 5.74) is -0.713. The van der Waals surface area contributed by atoms with Gasteiger partial charge in [0.05, 0.1) is 18.4 Å². The minimum Gasteiger partial charge on any atom is -0.466 e. The molecule has 6 heteroatoms. The molecule has 0 bridgehead atoms. The topological polar surface area (TPSA) is 62.5 Å². The SMILES string of the molecule is CCSc1cc(Cl)ccc1C(=O)NC[C@](C)(O)c1ccco1. The van der Waals surface area contributed by atoms with E-state index < -0.39 is 5.60 Å². The number of aliphatic hydroxyl groups is 1. The number of thioether (sulfide) groups is 1. The summed E-state index contributed by atoms with van der Waals surface area (Å²) in [7, 11) is 0. The summed E-state index contributed by atoms with van der Waals surface area (Å²) >= 11 is 7.53. The van der Waals surface area contributed by atoms with Crippen LogP contribution in [0.1, 0.15) is 30.0 Å². The summed E-state index contributed by atoms with van der Waals surface area (Å²) in [5.74, 6) is 0.997. The molecule has 2 N–H and O–H groups in total. The van der Waals surface area contributed by atoms with Crippen LogP contribution in [0.15, 0.2) is 45.9 Å². The highest BCUT2D eigenvalue weighted by Crippen LogP contribution is 2.26. The molecule has 1 atom stereocenters. The lowest BCUT2D eigenvalue weighted by Crippen LogP contribution is -2.38. The molecule has 0 saturated carbocycles. The Labute approximate surface area is 138 Å². The number of rotatable bonds is 6. The maximum Gasteiger partial charge on any atom is 0.252 e. The third-order valence-corrected chi connectivity index (χ3v) is 4.31. The van der Waals surface area contributed by atoms with E-state index in [4.69, 9.17) is 16.0 Å². The van der Waals surface area contributed by atoms with E-state index in [0.29, 0.717) is 16.3 Å². The monoisotopic (exact) mass is 339 g/mol. The predicted octanol–water partition coefficient (Wildman–Crippen LogP) is 3.68. The molecule has 1 aromatic heterocycles. The number of benzene rings is 1. The second kappa shape index (κ2) is 7.22. The van der Waals surface area contributed by atoms with Crippen LogP contribution in [0.4, 0.5) is 0 Å². The van der Waals surface area contributed by atoms with Crippen molar-refractivity contribution in [3.63, 3.8) is 0 Å². The van der Waals surface area contributed by atoms with E-state index >= 15 is 0 Å². The van der Waals surface area contributed by atoms with Crippen molar-refractivity contribution in [1.82, 2.24) is 5.32 Å². The summed E-state index contributed by atoms with van der Waals surface area (Å²) in [5, 5.41) is 13.7. The van der Waals surface area contributed by atoms with Crippen molar-refractivity contribution in [2.24, 2.45) is 0 Å². The van der Waals surface area contributed by atoms with Crippen LogP contribution < -0.4 is 5.32 Å². The molecule has 2 aromatic rings. The standard InChI is InChI=1S/C16H18ClNO3S/c1-3-22-13-9-11(17)6-7-12(13)15(19)18-10-16(2,20)14-5-4-8-21-14/h4-9,20H,3,10H2,1-2H3,(H,18,19)/t16-/m0/s1. The van der Waals surface area contributed by atoms with Crippen molar-refractivity contribution in [3.8, 4) is 0 Å². The zero-order valence-corrected chi connectivity index (χ0v) is 14.0. The Morgan fingerprint density at radius 2 is 2.23 bits per heavy atom. The average Bonchev–Trinajstić information content (AvgIpc) is 3.00. The van der Waals surface area contributed by atoms with Gasteiger partial charge in [-0.1, -0.05) is 18.5 Å². The molecule has 1 heterocycles. The van der Waals surface area contributed by atoms with Crippen molar-refractivity contribution in [1.29, 1.82) is 0 Å². The lowest BCUT2D eigenvalue weighted by molar-refractivity contribution is 0.0330. The molecule has 0 radical (unpaired) electrons. The normalized spacial score (nSPS) is 13.6. The molecule has 0 spiro atoms. The van der Waals surface area contributed by atoms with Crippen molar-refractivity contribution < 1.29 is 14.3 Å². The van der Waals surface area contributed by atoms with Gasteiger partial charge in [0.1, 0.15) is 11.4 Å². The number of hydrogen-bond acceptors (Lipinski definition) is 4. The van der Waals surface area contributed by atoms with Gasteiger partial charge in [-0.05, 0) is 43.0 Å². The molecule has 0 aliphatic rings. The molecule has 2 rings (SSSR count). The second-order valence-electron chi connectivity index (χ2n) is 5.01. The highest BCUT2D eigenvalue weighted by molar-refractivity contribution is 7.99. The predicted molar refractivity (Wildman–Crippen MR) is 88.5 cm³/mol. The van der Waals surface area contributed by atoms with Crippen molar-refractivity contribution in [2.75, 3.05) is 12.3 Å². The molecular formula is C16H18ClNO3S. The minimum atomic E-state index is -1.26. The van der Waals surface area contributed by atoms with E-state index in [1.807, 2.05) is 6.92 Å². The van der Waals surface area contributed by atoms with E-state index in [9.17, 15) is 9.90 Å². The molecular weight excluding hydrogens is 322 g/mol. The Bertz CT molecular complexity index is 641. The number of carbonyl (C=O) groups excluding carboxylic acids is 1. The highest BCUT2D eigenvalue weighted by atomic mass is 35.5. The fourth-order valence-corrected chi connectivity index (χ4v) is 3.05. The van der Waals surface area contributed by atoms with Gasteiger partial charge < -0.3 is 14.8 Å². The van der Waals surface area contributed by atoms with Crippen LogP contribution in [0.25, 0.3) is 0 Å². The first-order valence-corrected chi connectivity index (χ1v) is 8.27. The molecule has 1 aromatic carbocycles. The Morgan fingerprint density at radius 1 is 1.45 bits per heavy atom. The van der Waals surface area contributed by atoms with Gasteiger partial charge >= 0.3 is 0 Å². The maximum absolute atomic E-state index is 12.4. The molecule has 0 aliphatic carbocycles. The Balaban J connectivity index is 2.10. The fraction of sp³-hybridized carbons (Fsp3) is 0.312. The van der Waals surface area contributed by atoms with Crippen LogP contribution in [0, 0.1) is 0 Å². The lowest BCUT2D eigenvalue weighted by Gasteiger charge is -2.21. The quantitative estimate of drug-likeness (QED) is 0.788. The smallest absolute Gasteiger partial charge is 0.252 e. The first-order chi connectivity index (χ1) is 10.4. The molecule has 0 fully saturated rings. The first kappa shape index (κ1) is 16.9. The van der Waals surface area contributed by atoms with E-state index in [1.165, 1.54) is 6.26 Å². The summed E-state index contributed by atoms with van der Waals surface area (Å²) in [6, 6.07) is 8.51. The van der Waals surface area contributed by atoms with Gasteiger partial charge in [-0.3, -0.25) is 4.79 Å². The van der Waals surface area contributed by atoms with Gasteiger partial charge in [0, 0.05) is 9.92 Å². The van der Waals surface area contributed by atoms with Gasteiger partial charge in [0.25, 0.3) is 5.91 Å². The summed E-state index contributed by atoms with van der Waals surface area (Å²) in [4.78, 5) is 13.2. The van der Waals surface area contributed by atoms with E-state index in [1.54, 1.807) is 49.0 Å². The average molecular weight is 340 g/mol. The number of hydrogen-bond donors (Lipinski definition) is 2. The summed E-state index contributed by atoms with van der Waals surface area (Å²) in [6.07, 6.45) is 1.49. The molecule has 118 valence electrons. The van der Waals surface area contributed by atoms with Crippen LogP contribution in [0.3, 0.4) is 0 Å². The maximum atomic E-state index is 12.4. The third kappa shape index (κ3) is 4.06. The van der Waals surface area contributed by atoms with Crippen LogP contribution in [-0.4, -0.2) is 23.3 Å². The van der Waals surface area contributed by atoms with Gasteiger partial charge in [-0.2, -0.15) is 0 Å². The van der Waals surface area contributed by atoms with Crippen molar-refractivity contribution in [2.45, 2.75) is 24.3 Å². The Morgan fingerprint density at radius 3 is 2.86 bits per heavy atom. The number of nitrogens with one attached hydrogen (secondary N) is 1. The lowest BCUT2D eigenvalue weighted by atomic mass is 10.0. The Kier molecular flexibility index (Phi) is 5.56.